The first-order chi connectivity index (χ1) is 11.7. The fourth-order valence-corrected chi connectivity index (χ4v) is 2.49. The van der Waals surface area contributed by atoms with Crippen LogP contribution in [0.1, 0.15) is 45.1 Å². The second-order valence-electron chi connectivity index (χ2n) is 5.97. The van der Waals surface area contributed by atoms with Crippen molar-refractivity contribution in [3.63, 3.8) is 0 Å². The Balaban J connectivity index is 0.00000312. The van der Waals surface area contributed by atoms with E-state index in [2.05, 4.69) is 51.7 Å². The first-order valence-electron chi connectivity index (χ1n) is 8.64. The van der Waals surface area contributed by atoms with Gasteiger partial charge in [0, 0.05) is 19.6 Å². The summed E-state index contributed by atoms with van der Waals surface area (Å²) in [7, 11) is 1.81. The van der Waals surface area contributed by atoms with Crippen molar-refractivity contribution < 1.29 is 0 Å². The second-order valence-corrected chi connectivity index (χ2v) is 5.97. The van der Waals surface area contributed by atoms with Crippen molar-refractivity contribution >= 4 is 29.9 Å². The molecule has 1 unspecified atom stereocenters. The molecule has 2 rings (SSSR count). The molecule has 0 fully saturated rings. The van der Waals surface area contributed by atoms with Gasteiger partial charge in [0.2, 0.25) is 0 Å². The Bertz CT molecular complexity index is 609. The molecule has 1 aromatic heterocycles. The largest absolute Gasteiger partial charge is 0.354 e. The number of nitrogens with zero attached hydrogens (tertiary/aromatic N) is 4. The predicted octanol–water partition coefficient (Wildman–Crippen LogP) is 3.52. The van der Waals surface area contributed by atoms with Gasteiger partial charge in [0.05, 0.1) is 5.69 Å². The Morgan fingerprint density at radius 3 is 2.60 bits per heavy atom. The van der Waals surface area contributed by atoms with Crippen molar-refractivity contribution in [2.24, 2.45) is 4.99 Å². The second kappa shape index (κ2) is 11.8. The van der Waals surface area contributed by atoms with E-state index in [1.165, 1.54) is 37.6 Å². The van der Waals surface area contributed by atoms with Gasteiger partial charge in [-0.15, -0.1) is 24.0 Å². The van der Waals surface area contributed by atoms with Gasteiger partial charge < -0.3 is 10.6 Å². The fraction of sp³-hybridized carbons (Fsp3) is 0.500. The minimum absolute atomic E-state index is 0. The van der Waals surface area contributed by atoms with Gasteiger partial charge in [-0.1, -0.05) is 38.3 Å². The quantitative estimate of drug-likeness (QED) is 0.276. The third-order valence-electron chi connectivity index (χ3n) is 3.93. The molecule has 138 valence electrons. The summed E-state index contributed by atoms with van der Waals surface area (Å²) >= 11 is 0. The van der Waals surface area contributed by atoms with E-state index in [4.69, 9.17) is 0 Å². The Kier molecular flexibility index (Phi) is 10.1. The number of nitrogens with one attached hydrogen (secondary N) is 2. The standard InChI is InChI=1S/C18H28N6.HI/c1-4-5-6-7-15(2)23-18(19-3)21-12-16-8-10-17(11-9-16)24-14-20-13-22-24;/h8-11,13-15H,4-7,12H2,1-3H3,(H2,19,21,23);1H. The fourth-order valence-electron chi connectivity index (χ4n) is 2.49. The van der Waals surface area contributed by atoms with Crippen LogP contribution in [0.3, 0.4) is 0 Å². The summed E-state index contributed by atoms with van der Waals surface area (Å²) in [6.45, 7) is 5.17. The summed E-state index contributed by atoms with van der Waals surface area (Å²) < 4.78 is 1.75. The molecule has 2 N–H and O–H groups in total. The lowest BCUT2D eigenvalue weighted by atomic mass is 10.1. The smallest absolute Gasteiger partial charge is 0.191 e. The van der Waals surface area contributed by atoms with Crippen LogP contribution in [-0.2, 0) is 6.54 Å². The van der Waals surface area contributed by atoms with Crippen molar-refractivity contribution in [3.05, 3.63) is 42.5 Å². The summed E-state index contributed by atoms with van der Waals surface area (Å²) in [6, 6.07) is 8.67. The third-order valence-corrected chi connectivity index (χ3v) is 3.93. The lowest BCUT2D eigenvalue weighted by Crippen LogP contribution is -2.41. The van der Waals surface area contributed by atoms with E-state index in [0.717, 1.165) is 18.2 Å². The molecule has 6 nitrogen and oxygen atoms in total. The number of benzene rings is 1. The van der Waals surface area contributed by atoms with Crippen LogP contribution in [-0.4, -0.2) is 33.8 Å². The SMILES string of the molecule is CCCCCC(C)NC(=NC)NCc1ccc(-n2cncn2)cc1.I. The molecule has 2 aromatic rings. The molecular weight excluding hydrogens is 427 g/mol. The summed E-state index contributed by atoms with van der Waals surface area (Å²) in [6.07, 6.45) is 8.19. The van der Waals surface area contributed by atoms with Crippen LogP contribution in [0.15, 0.2) is 41.9 Å². The summed E-state index contributed by atoms with van der Waals surface area (Å²) in [5.41, 5.74) is 2.20. The van der Waals surface area contributed by atoms with Crippen molar-refractivity contribution in [1.29, 1.82) is 0 Å². The minimum atomic E-state index is 0. The molecule has 0 aliphatic carbocycles. The lowest BCUT2D eigenvalue weighted by Gasteiger charge is -2.18. The maximum Gasteiger partial charge on any atom is 0.191 e. The molecule has 7 heteroatoms. The first-order valence-corrected chi connectivity index (χ1v) is 8.64. The Labute approximate surface area is 167 Å². The molecule has 0 radical (unpaired) electrons. The maximum atomic E-state index is 4.30. The van der Waals surface area contributed by atoms with Gasteiger partial charge in [0.15, 0.2) is 5.96 Å². The highest BCUT2D eigenvalue weighted by molar-refractivity contribution is 14.0. The number of guanidine groups is 1. The molecule has 0 spiro atoms. The molecule has 0 aliphatic heterocycles. The molecule has 0 aliphatic rings. The van der Waals surface area contributed by atoms with Gasteiger partial charge in [-0.25, -0.2) is 9.67 Å². The van der Waals surface area contributed by atoms with Crippen LogP contribution >= 0.6 is 24.0 Å². The van der Waals surface area contributed by atoms with Gasteiger partial charge in [-0.2, -0.15) is 5.10 Å². The number of hydrogen-bond acceptors (Lipinski definition) is 3. The van der Waals surface area contributed by atoms with Crippen LogP contribution < -0.4 is 10.6 Å². The van der Waals surface area contributed by atoms with E-state index in [0.29, 0.717) is 6.04 Å². The molecule has 1 aromatic carbocycles. The summed E-state index contributed by atoms with van der Waals surface area (Å²) in [5.74, 6) is 0.847. The molecular formula is C18H29IN6. The summed E-state index contributed by atoms with van der Waals surface area (Å²) in [4.78, 5) is 8.26. The third kappa shape index (κ3) is 7.41. The summed E-state index contributed by atoms with van der Waals surface area (Å²) in [5, 5.41) is 10.9. The topological polar surface area (TPSA) is 67.1 Å². The monoisotopic (exact) mass is 456 g/mol. The number of unbranched alkanes of at least 4 members (excludes halogenated alkanes) is 2. The minimum Gasteiger partial charge on any atom is -0.354 e. The van der Waals surface area contributed by atoms with E-state index in [1.807, 2.05) is 19.2 Å². The Hall–Kier alpha value is -1.64. The highest BCUT2D eigenvalue weighted by Crippen LogP contribution is 2.08. The van der Waals surface area contributed by atoms with Crippen LogP contribution in [0.25, 0.3) is 5.69 Å². The molecule has 0 saturated heterocycles. The zero-order chi connectivity index (χ0) is 17.2. The van der Waals surface area contributed by atoms with E-state index < -0.39 is 0 Å². The first kappa shape index (κ1) is 21.4. The number of aliphatic imine (C=N–C) groups is 1. The van der Waals surface area contributed by atoms with E-state index in [-0.39, 0.29) is 24.0 Å². The van der Waals surface area contributed by atoms with Crippen molar-refractivity contribution in [2.75, 3.05) is 7.05 Å². The molecule has 0 amide bonds. The van der Waals surface area contributed by atoms with E-state index in [9.17, 15) is 0 Å². The average molecular weight is 456 g/mol. The van der Waals surface area contributed by atoms with Crippen molar-refractivity contribution in [2.45, 2.75) is 52.1 Å². The van der Waals surface area contributed by atoms with Gasteiger partial charge >= 0.3 is 0 Å². The molecule has 0 bridgehead atoms. The maximum absolute atomic E-state index is 4.30. The molecule has 1 heterocycles. The van der Waals surface area contributed by atoms with Gasteiger partial charge in [0.25, 0.3) is 0 Å². The Morgan fingerprint density at radius 1 is 1.24 bits per heavy atom. The highest BCUT2D eigenvalue weighted by Gasteiger charge is 2.05. The van der Waals surface area contributed by atoms with Crippen molar-refractivity contribution in [3.8, 4) is 5.69 Å². The lowest BCUT2D eigenvalue weighted by molar-refractivity contribution is 0.546. The van der Waals surface area contributed by atoms with Crippen LogP contribution in [0.2, 0.25) is 0 Å². The molecule has 0 saturated carbocycles. The molecule has 25 heavy (non-hydrogen) atoms. The van der Waals surface area contributed by atoms with Crippen LogP contribution in [0.5, 0.6) is 0 Å². The van der Waals surface area contributed by atoms with E-state index in [1.54, 1.807) is 11.0 Å². The van der Waals surface area contributed by atoms with Gasteiger partial charge in [-0.05, 0) is 31.0 Å². The normalized spacial score (nSPS) is 12.4. The number of rotatable bonds is 8. The zero-order valence-corrected chi connectivity index (χ0v) is 17.6. The highest BCUT2D eigenvalue weighted by atomic mass is 127. The van der Waals surface area contributed by atoms with Crippen LogP contribution in [0.4, 0.5) is 0 Å². The van der Waals surface area contributed by atoms with E-state index >= 15 is 0 Å². The van der Waals surface area contributed by atoms with Crippen molar-refractivity contribution in [1.82, 2.24) is 25.4 Å². The average Bonchev–Trinajstić information content (AvgIpc) is 3.14. The van der Waals surface area contributed by atoms with Gasteiger partial charge in [-0.3, -0.25) is 4.99 Å². The number of hydrogen-bond donors (Lipinski definition) is 2. The molecule has 1 atom stereocenters. The van der Waals surface area contributed by atoms with Gasteiger partial charge in [0.1, 0.15) is 12.7 Å². The Morgan fingerprint density at radius 2 is 2.00 bits per heavy atom. The zero-order valence-electron chi connectivity index (χ0n) is 15.3. The predicted molar refractivity (Wildman–Crippen MR) is 114 cm³/mol. The number of halogens is 1. The van der Waals surface area contributed by atoms with Crippen LogP contribution in [0, 0.1) is 0 Å². The number of aromatic nitrogens is 3.